The lowest BCUT2D eigenvalue weighted by Gasteiger charge is -2.64. The summed E-state index contributed by atoms with van der Waals surface area (Å²) in [6.07, 6.45) is 9.30. The van der Waals surface area contributed by atoms with E-state index in [4.69, 9.17) is 28.9 Å². The topological polar surface area (TPSA) is 201 Å². The van der Waals surface area contributed by atoms with E-state index in [1.165, 1.54) is 0 Å². The van der Waals surface area contributed by atoms with E-state index in [2.05, 4.69) is 32.9 Å². The van der Waals surface area contributed by atoms with E-state index in [9.17, 15) is 35.4 Å². The number of ketones is 1. The highest BCUT2D eigenvalue weighted by Crippen LogP contribution is 2.73. The lowest BCUT2D eigenvalue weighted by atomic mass is 9.42. The number of fused-ring (bicyclic) bond motifs is 13. The molecule has 4 aliphatic heterocycles. The van der Waals surface area contributed by atoms with Crippen LogP contribution >= 0.6 is 0 Å². The van der Waals surface area contributed by atoms with Crippen molar-refractivity contribution >= 4 is 5.78 Å². The summed E-state index contributed by atoms with van der Waals surface area (Å²) in [7, 11) is 0. The van der Waals surface area contributed by atoms with Crippen LogP contribution in [0.4, 0.5) is 0 Å². The number of hydrogen-bond acceptors (Lipinski definition) is 13. The molecule has 1 aromatic rings. The summed E-state index contributed by atoms with van der Waals surface area (Å²) in [5.74, 6) is -2.92. The lowest BCUT2D eigenvalue weighted by molar-refractivity contribution is -0.337. The van der Waals surface area contributed by atoms with E-state index in [1.807, 2.05) is 27.7 Å². The number of nitrogens with zero attached hydrogens (tertiary/aromatic N) is 2. The molecule has 21 atom stereocenters. The molecule has 366 valence electrons. The summed E-state index contributed by atoms with van der Waals surface area (Å²) in [6, 6.07) is 0. The first-order valence-electron chi connectivity index (χ1n) is 26.1. The van der Waals surface area contributed by atoms with Crippen LogP contribution in [0.15, 0.2) is 23.3 Å². The average molecular weight is 927 g/mol. The van der Waals surface area contributed by atoms with E-state index in [0.29, 0.717) is 38.0 Å². The molecule has 8 aliphatic carbocycles. The van der Waals surface area contributed by atoms with Gasteiger partial charge < -0.3 is 49.6 Å². The first-order chi connectivity index (χ1) is 31.4. The summed E-state index contributed by atoms with van der Waals surface area (Å²) in [5.41, 5.74) is -0.652. The second-order valence-corrected chi connectivity index (χ2v) is 26.2. The monoisotopic (exact) mass is 927 g/mol. The van der Waals surface area contributed by atoms with Crippen molar-refractivity contribution in [3.63, 3.8) is 0 Å². The molecular weight excluding hydrogens is 853 g/mol. The van der Waals surface area contributed by atoms with Crippen LogP contribution in [-0.4, -0.2) is 118 Å². The van der Waals surface area contributed by atoms with Crippen molar-refractivity contribution in [2.24, 2.45) is 69.0 Å². The van der Waals surface area contributed by atoms with Gasteiger partial charge in [-0.2, -0.15) is 0 Å². The molecule has 0 amide bonds. The fourth-order valence-electron chi connectivity index (χ4n) is 19.3. The number of ether oxygens (including phenoxy) is 4. The van der Waals surface area contributed by atoms with Crippen LogP contribution in [0.2, 0.25) is 0 Å². The molecule has 4 saturated heterocycles. The second kappa shape index (κ2) is 13.3. The van der Waals surface area contributed by atoms with Crippen molar-refractivity contribution in [1.29, 1.82) is 0 Å². The van der Waals surface area contributed by atoms with Crippen molar-refractivity contribution in [1.82, 2.24) is 9.97 Å². The molecule has 13 nitrogen and oxygen atoms in total. The van der Waals surface area contributed by atoms with E-state index in [1.54, 1.807) is 6.92 Å². The number of aliphatic hydroxyl groups excluding tert-OH is 4. The zero-order chi connectivity index (χ0) is 47.2. The molecule has 0 bridgehead atoms. The molecule has 6 N–H and O–H groups in total. The molecule has 13 rings (SSSR count). The molecular formula is C54H74N2O11. The van der Waals surface area contributed by atoms with Crippen molar-refractivity contribution in [3.05, 3.63) is 46.1 Å². The SMILES string of the molecule is C[C@@H]1[C@]2(O[C@H]3C=C4[C@@H]5CC[C@H]6Cc7nc8c(nc7C[C@]6(C)[C@H]5C[C@@H](O)[C@]4(C)[C@]31O)C[C@@H]1CC[C@H]3C4=CC[C@@H]5[C@H](C)[C@@]6(OC[C@]45C(=O)C[C@]3(O)[C@@]1(C)C8)OC(C)(C)C[C@H]6O)O[C@](C)(CO)C[C@H]2O. The quantitative estimate of drug-likeness (QED) is 0.214. The van der Waals surface area contributed by atoms with Crippen molar-refractivity contribution in [2.45, 2.75) is 197 Å². The summed E-state index contributed by atoms with van der Waals surface area (Å²) >= 11 is 0. The Hall–Kier alpha value is -2.17. The van der Waals surface area contributed by atoms with Crippen LogP contribution in [0.3, 0.4) is 0 Å². The molecule has 67 heavy (non-hydrogen) atoms. The maximum absolute atomic E-state index is 15.0. The van der Waals surface area contributed by atoms with Crippen molar-refractivity contribution in [3.8, 4) is 0 Å². The maximum Gasteiger partial charge on any atom is 0.201 e. The third-order valence-corrected chi connectivity index (χ3v) is 23.1. The molecule has 1 aromatic heterocycles. The zero-order valence-electron chi connectivity index (χ0n) is 40.8. The number of aliphatic hydroxyl groups is 6. The van der Waals surface area contributed by atoms with Crippen molar-refractivity contribution < 1.29 is 54.4 Å². The number of carbonyl (C=O) groups excluding carboxylic acids is 1. The predicted octanol–water partition coefficient (Wildman–Crippen LogP) is 4.62. The minimum absolute atomic E-state index is 0.0598. The van der Waals surface area contributed by atoms with Gasteiger partial charge in [0.05, 0.1) is 64.3 Å². The van der Waals surface area contributed by atoms with Crippen LogP contribution in [0.1, 0.15) is 136 Å². The van der Waals surface area contributed by atoms with E-state index < -0.39 is 80.6 Å². The molecule has 3 spiro atoms. The molecule has 4 saturated carbocycles. The number of hydrogen-bond donors (Lipinski definition) is 6. The number of Topliss-reactive ketones (excluding diaryl/α,β-unsaturated/α-hetero) is 1. The number of rotatable bonds is 1. The van der Waals surface area contributed by atoms with Crippen LogP contribution in [0.25, 0.3) is 0 Å². The Labute approximate surface area is 394 Å². The highest BCUT2D eigenvalue weighted by Gasteiger charge is 2.79. The Bertz CT molecular complexity index is 2440. The van der Waals surface area contributed by atoms with Crippen LogP contribution in [0.5, 0.6) is 0 Å². The standard InChI is InChI=1S/C54H74N2O11/c1-26-31-13-14-32-33-12-10-29-16-37-39(20-48(29,7)51(33,62)23-41(59)50(31,32)25-64-53(26)42(60)21-45(3,4)66-53)56-36-15-28-9-11-30-34(47(28,6)19-38(36)55-37)17-40(58)49(8)35(30)18-44-52(49,63)27(2)54(65-44)43(61)22-46(5,24-57)67-54/h14,18,26-31,33-34,40,42-44,57-58,60-63H,9-13,15-17,19-25H2,1-8H3/t26-,27-,28-,29-,30+,31+,33-,34-,40+,42+,43+,44-,46-,47-,48-,49+,50+,51+,52+,53+,54-/m0/s1. The molecule has 0 unspecified atom stereocenters. The zero-order valence-corrected chi connectivity index (χ0v) is 40.8. The van der Waals surface area contributed by atoms with Gasteiger partial charge in [0.2, 0.25) is 5.79 Å². The summed E-state index contributed by atoms with van der Waals surface area (Å²) in [6.45, 7) is 16.2. The Morgan fingerprint density at radius 3 is 2.13 bits per heavy atom. The lowest BCUT2D eigenvalue weighted by Crippen LogP contribution is -2.70. The summed E-state index contributed by atoms with van der Waals surface area (Å²) in [4.78, 5) is 26.0. The van der Waals surface area contributed by atoms with Gasteiger partial charge in [0.1, 0.15) is 29.7 Å². The molecule has 13 heteroatoms. The smallest absolute Gasteiger partial charge is 0.201 e. The van der Waals surface area contributed by atoms with Gasteiger partial charge in [-0.15, -0.1) is 0 Å². The van der Waals surface area contributed by atoms with Gasteiger partial charge in [-0.3, -0.25) is 14.8 Å². The predicted molar refractivity (Wildman–Crippen MR) is 242 cm³/mol. The average Bonchev–Trinajstić information content (AvgIpc) is 3.98. The highest BCUT2D eigenvalue weighted by molar-refractivity contribution is 5.92. The van der Waals surface area contributed by atoms with Gasteiger partial charge in [-0.25, -0.2) is 0 Å². The number of aromatic nitrogens is 2. The van der Waals surface area contributed by atoms with Crippen LogP contribution < -0.4 is 0 Å². The van der Waals surface area contributed by atoms with Crippen LogP contribution in [-0.2, 0) is 49.4 Å². The van der Waals surface area contributed by atoms with E-state index in [0.717, 1.165) is 72.4 Å². The van der Waals surface area contributed by atoms with E-state index in [-0.39, 0.29) is 72.8 Å². The normalized spacial score (nSPS) is 57.3. The van der Waals surface area contributed by atoms with Crippen molar-refractivity contribution in [2.75, 3.05) is 13.2 Å². The Morgan fingerprint density at radius 2 is 1.45 bits per heavy atom. The first-order valence-corrected chi connectivity index (χ1v) is 26.1. The van der Waals surface area contributed by atoms with Gasteiger partial charge in [0.25, 0.3) is 0 Å². The number of allylic oxidation sites excluding steroid dienone is 1. The Kier molecular flexibility index (Phi) is 8.86. The maximum atomic E-state index is 15.0. The largest absolute Gasteiger partial charge is 0.393 e. The van der Waals surface area contributed by atoms with Crippen LogP contribution in [0, 0.1) is 69.0 Å². The third kappa shape index (κ3) is 5.00. The fourth-order valence-corrected chi connectivity index (χ4v) is 19.3. The second-order valence-electron chi connectivity index (χ2n) is 26.2. The molecule has 12 aliphatic rings. The first kappa shape index (κ1) is 44.7. The minimum Gasteiger partial charge on any atom is -0.393 e. The highest BCUT2D eigenvalue weighted by atomic mass is 16.7. The fraction of sp³-hybridized carbons (Fsp3) is 0.833. The molecule has 0 radical (unpaired) electrons. The number of carbonyl (C=O) groups is 1. The van der Waals surface area contributed by atoms with E-state index >= 15 is 0 Å². The molecule has 0 aromatic carbocycles. The molecule has 8 fully saturated rings. The Morgan fingerprint density at radius 1 is 0.761 bits per heavy atom. The third-order valence-electron chi connectivity index (χ3n) is 23.1. The van der Waals surface area contributed by atoms with Gasteiger partial charge in [0.15, 0.2) is 5.79 Å². The Balaban J connectivity index is 0.772. The van der Waals surface area contributed by atoms with Gasteiger partial charge in [0, 0.05) is 47.8 Å². The van der Waals surface area contributed by atoms with Gasteiger partial charge in [-0.1, -0.05) is 57.9 Å². The van der Waals surface area contributed by atoms with Gasteiger partial charge >= 0.3 is 0 Å². The summed E-state index contributed by atoms with van der Waals surface area (Å²) < 4.78 is 26.2. The van der Waals surface area contributed by atoms with Gasteiger partial charge in [-0.05, 0) is 120 Å². The minimum atomic E-state index is -1.52. The molecule has 5 heterocycles. The summed E-state index contributed by atoms with van der Waals surface area (Å²) in [5, 5.41) is 71.6.